The lowest BCUT2D eigenvalue weighted by molar-refractivity contribution is 0.0346. The molecule has 3 rings (SSSR count). The molecule has 8 heteroatoms. The Balaban J connectivity index is 1.64. The van der Waals surface area contributed by atoms with E-state index in [1.165, 1.54) is 6.20 Å². The fourth-order valence-electron chi connectivity index (χ4n) is 3.58. The fourth-order valence-corrected chi connectivity index (χ4v) is 3.58. The van der Waals surface area contributed by atoms with Gasteiger partial charge in [-0.05, 0) is 45.4 Å². The van der Waals surface area contributed by atoms with E-state index in [0.29, 0.717) is 36.1 Å². The van der Waals surface area contributed by atoms with Gasteiger partial charge in [0.25, 0.3) is 5.91 Å². The summed E-state index contributed by atoms with van der Waals surface area (Å²) in [4.78, 5) is 20.5. The number of hydrogen-bond donors (Lipinski definition) is 3. The van der Waals surface area contributed by atoms with Crippen LogP contribution in [0, 0.1) is 0 Å². The maximum atomic E-state index is 11.7. The zero-order chi connectivity index (χ0) is 18.4. The molecule has 1 saturated heterocycles. The van der Waals surface area contributed by atoms with Crippen LogP contribution < -0.4 is 16.4 Å². The van der Waals surface area contributed by atoms with Crippen LogP contribution in [0.5, 0.6) is 0 Å². The normalized spacial score (nSPS) is 26.3. The minimum atomic E-state index is -0.534. The molecule has 1 amide bonds. The smallest absolute Gasteiger partial charge is 0.254 e. The Bertz CT molecular complexity index is 598. The average Bonchev–Trinajstić information content (AvgIpc) is 2.64. The second-order valence-corrected chi connectivity index (χ2v) is 6.95. The van der Waals surface area contributed by atoms with Crippen molar-refractivity contribution >= 4 is 17.7 Å². The Kier molecular flexibility index (Phi) is 6.62. The topological polar surface area (TPSA) is 111 Å². The Morgan fingerprint density at radius 1 is 1.27 bits per heavy atom. The first-order valence-corrected chi connectivity index (χ1v) is 9.55. The Morgan fingerprint density at radius 3 is 2.73 bits per heavy atom. The number of ether oxygens (including phenoxy) is 2. The van der Waals surface area contributed by atoms with Gasteiger partial charge in [0, 0.05) is 25.5 Å². The van der Waals surface area contributed by atoms with E-state index in [-0.39, 0.29) is 6.04 Å². The molecule has 4 N–H and O–H groups in total. The number of rotatable bonds is 7. The Labute approximate surface area is 154 Å². The minimum absolute atomic E-state index is 0.131. The van der Waals surface area contributed by atoms with Gasteiger partial charge in [-0.1, -0.05) is 0 Å². The molecule has 1 aliphatic carbocycles. The van der Waals surface area contributed by atoms with Crippen molar-refractivity contribution in [3.05, 3.63) is 11.8 Å². The van der Waals surface area contributed by atoms with E-state index < -0.39 is 5.91 Å². The van der Waals surface area contributed by atoms with Crippen LogP contribution in [0.25, 0.3) is 0 Å². The van der Waals surface area contributed by atoms with E-state index in [9.17, 15) is 4.79 Å². The lowest BCUT2D eigenvalue weighted by Crippen LogP contribution is -2.32. The van der Waals surface area contributed by atoms with E-state index in [0.717, 1.165) is 51.7 Å². The summed E-state index contributed by atoms with van der Waals surface area (Å²) in [6, 6.07) is 0.447. The lowest BCUT2D eigenvalue weighted by atomic mass is 9.93. The van der Waals surface area contributed by atoms with Crippen LogP contribution >= 0.6 is 0 Å². The first-order valence-electron chi connectivity index (χ1n) is 9.55. The van der Waals surface area contributed by atoms with Crippen molar-refractivity contribution < 1.29 is 14.3 Å². The highest BCUT2D eigenvalue weighted by Crippen LogP contribution is 2.24. The highest BCUT2D eigenvalue weighted by Gasteiger charge is 2.23. The summed E-state index contributed by atoms with van der Waals surface area (Å²) in [5.74, 6) is 0.468. The molecule has 1 atom stereocenters. The third-order valence-corrected chi connectivity index (χ3v) is 4.97. The molecule has 0 unspecified atom stereocenters. The van der Waals surface area contributed by atoms with Gasteiger partial charge in [0.1, 0.15) is 5.82 Å². The molecule has 2 heterocycles. The van der Waals surface area contributed by atoms with E-state index in [4.69, 9.17) is 15.2 Å². The van der Waals surface area contributed by atoms with Crippen LogP contribution in [0.4, 0.5) is 11.8 Å². The van der Waals surface area contributed by atoms with Gasteiger partial charge in [-0.15, -0.1) is 0 Å². The Morgan fingerprint density at radius 2 is 2.08 bits per heavy atom. The number of carbonyl (C=O) groups excluding carboxylic acids is 1. The molecule has 0 radical (unpaired) electrons. The molecule has 0 bridgehead atoms. The van der Waals surface area contributed by atoms with Crippen molar-refractivity contribution in [3.63, 3.8) is 0 Å². The van der Waals surface area contributed by atoms with Crippen molar-refractivity contribution in [2.24, 2.45) is 5.73 Å². The van der Waals surface area contributed by atoms with Crippen LogP contribution in [0.3, 0.4) is 0 Å². The molecular formula is C18H29N5O3. The monoisotopic (exact) mass is 363 g/mol. The van der Waals surface area contributed by atoms with Crippen LogP contribution in [-0.4, -0.2) is 53.9 Å². The maximum Gasteiger partial charge on any atom is 0.254 e. The number of carbonyl (C=O) groups is 1. The standard InChI is InChI=1S/C18H29N5O3/c1-2-26-14-7-5-12(6-8-14)22-18-20-10-15(16(19)24)17(23-18)21-13-4-3-9-25-11-13/h10,12-14H,2-9,11H2,1H3,(H2,19,24)(H2,20,21,22,23)/t12-,13-,14-/m0/s1. The summed E-state index contributed by atoms with van der Waals surface area (Å²) in [5.41, 5.74) is 5.78. The van der Waals surface area contributed by atoms with Crippen molar-refractivity contribution in [2.45, 2.75) is 63.6 Å². The second-order valence-electron chi connectivity index (χ2n) is 6.95. The number of amides is 1. The van der Waals surface area contributed by atoms with E-state index in [1.54, 1.807) is 0 Å². The van der Waals surface area contributed by atoms with Crippen molar-refractivity contribution in [3.8, 4) is 0 Å². The molecule has 1 saturated carbocycles. The number of hydrogen-bond acceptors (Lipinski definition) is 7. The summed E-state index contributed by atoms with van der Waals surface area (Å²) in [7, 11) is 0. The number of aromatic nitrogens is 2. The molecule has 0 aromatic carbocycles. The SMILES string of the molecule is CCO[C@H]1CC[C@H](Nc2ncc(C(N)=O)c(N[C@H]3CCCOC3)n2)CC1. The third kappa shape index (κ3) is 5.04. The van der Waals surface area contributed by atoms with Gasteiger partial charge >= 0.3 is 0 Å². The molecular weight excluding hydrogens is 334 g/mol. The van der Waals surface area contributed by atoms with Crippen molar-refractivity contribution in [1.82, 2.24) is 9.97 Å². The summed E-state index contributed by atoms with van der Waals surface area (Å²) < 4.78 is 11.2. The minimum Gasteiger partial charge on any atom is -0.379 e. The highest BCUT2D eigenvalue weighted by molar-refractivity contribution is 5.97. The van der Waals surface area contributed by atoms with Crippen LogP contribution in [0.15, 0.2) is 6.20 Å². The van der Waals surface area contributed by atoms with Crippen LogP contribution in [0.2, 0.25) is 0 Å². The largest absolute Gasteiger partial charge is 0.379 e. The lowest BCUT2D eigenvalue weighted by Gasteiger charge is -2.29. The zero-order valence-electron chi connectivity index (χ0n) is 15.4. The maximum absolute atomic E-state index is 11.7. The van der Waals surface area contributed by atoms with Crippen LogP contribution in [0.1, 0.15) is 55.8 Å². The molecule has 2 aliphatic rings. The molecule has 0 spiro atoms. The first kappa shape index (κ1) is 18.8. The molecule has 144 valence electrons. The average molecular weight is 363 g/mol. The van der Waals surface area contributed by atoms with Gasteiger partial charge in [0.15, 0.2) is 0 Å². The van der Waals surface area contributed by atoms with Gasteiger partial charge in [0.2, 0.25) is 5.95 Å². The van der Waals surface area contributed by atoms with Gasteiger partial charge in [-0.2, -0.15) is 4.98 Å². The van der Waals surface area contributed by atoms with Gasteiger partial charge in [-0.25, -0.2) is 4.98 Å². The first-order chi connectivity index (χ1) is 12.7. The van der Waals surface area contributed by atoms with E-state index in [1.807, 2.05) is 6.92 Å². The Hall–Kier alpha value is -1.93. The predicted molar refractivity (Wildman–Crippen MR) is 99.3 cm³/mol. The third-order valence-electron chi connectivity index (χ3n) is 4.97. The van der Waals surface area contributed by atoms with Gasteiger partial charge < -0.3 is 25.8 Å². The van der Waals surface area contributed by atoms with E-state index in [2.05, 4.69) is 20.6 Å². The van der Waals surface area contributed by atoms with Crippen molar-refractivity contribution in [2.75, 3.05) is 30.5 Å². The molecule has 1 aliphatic heterocycles. The second kappa shape index (κ2) is 9.14. The summed E-state index contributed by atoms with van der Waals surface area (Å²) in [5, 5.41) is 6.68. The molecule has 1 aromatic rings. The number of primary amides is 1. The summed E-state index contributed by atoms with van der Waals surface area (Å²) >= 11 is 0. The number of nitrogens with zero attached hydrogens (tertiary/aromatic N) is 2. The van der Waals surface area contributed by atoms with E-state index >= 15 is 0 Å². The zero-order valence-corrected chi connectivity index (χ0v) is 15.4. The molecule has 1 aromatic heterocycles. The predicted octanol–water partition coefficient (Wildman–Crippen LogP) is 1.93. The summed E-state index contributed by atoms with van der Waals surface area (Å²) in [6.07, 6.45) is 7.94. The molecule has 8 nitrogen and oxygen atoms in total. The summed E-state index contributed by atoms with van der Waals surface area (Å²) in [6.45, 7) is 4.18. The van der Waals surface area contributed by atoms with Gasteiger partial charge in [-0.3, -0.25) is 4.79 Å². The molecule has 26 heavy (non-hydrogen) atoms. The van der Waals surface area contributed by atoms with Gasteiger partial charge in [0.05, 0.1) is 24.3 Å². The van der Waals surface area contributed by atoms with Crippen LogP contribution in [-0.2, 0) is 9.47 Å². The number of anilines is 2. The molecule has 2 fully saturated rings. The quantitative estimate of drug-likeness (QED) is 0.678. The fraction of sp³-hybridized carbons (Fsp3) is 0.722. The van der Waals surface area contributed by atoms with Crippen molar-refractivity contribution in [1.29, 1.82) is 0 Å². The highest BCUT2D eigenvalue weighted by atomic mass is 16.5. The number of nitrogens with two attached hydrogens (primary N) is 1. The number of nitrogens with one attached hydrogen (secondary N) is 2.